The number of anilines is 2. The van der Waals surface area contributed by atoms with Crippen LogP contribution in [0.3, 0.4) is 0 Å². The van der Waals surface area contributed by atoms with E-state index in [1.807, 2.05) is 17.0 Å². The first-order valence-electron chi connectivity index (χ1n) is 10.5. The number of pyridine rings is 1. The molecule has 1 aromatic heterocycles. The summed E-state index contributed by atoms with van der Waals surface area (Å²) in [5.41, 5.74) is -2.58. The first kappa shape index (κ1) is 23.5. The van der Waals surface area contributed by atoms with E-state index in [2.05, 4.69) is 21.3 Å². The summed E-state index contributed by atoms with van der Waals surface area (Å²) < 4.78 is 39.5. The van der Waals surface area contributed by atoms with Gasteiger partial charge in [-0.3, -0.25) is 9.69 Å². The molecule has 3 saturated heterocycles. The van der Waals surface area contributed by atoms with E-state index in [9.17, 15) is 23.1 Å². The number of piperidine rings is 1. The van der Waals surface area contributed by atoms with Crippen LogP contribution in [-0.4, -0.2) is 58.2 Å². The molecule has 0 saturated carbocycles. The lowest BCUT2D eigenvalue weighted by atomic mass is 9.85. The Morgan fingerprint density at radius 1 is 1.21 bits per heavy atom. The van der Waals surface area contributed by atoms with Crippen LogP contribution in [0.4, 0.5) is 24.5 Å². The van der Waals surface area contributed by atoms with Crippen molar-refractivity contribution in [1.82, 2.24) is 9.88 Å². The van der Waals surface area contributed by atoms with Gasteiger partial charge in [-0.2, -0.15) is 23.7 Å². The molecule has 5 rings (SSSR count). The molecule has 8 nitrogen and oxygen atoms in total. The zero-order valence-corrected chi connectivity index (χ0v) is 18.2. The third-order valence-electron chi connectivity index (χ3n) is 6.14. The van der Waals surface area contributed by atoms with E-state index in [-0.39, 0.29) is 24.3 Å². The summed E-state index contributed by atoms with van der Waals surface area (Å²) in [7, 11) is 0. The van der Waals surface area contributed by atoms with Gasteiger partial charge in [-0.05, 0) is 43.7 Å². The summed E-state index contributed by atoms with van der Waals surface area (Å²) in [5, 5.41) is 30.9. The van der Waals surface area contributed by atoms with Crippen molar-refractivity contribution in [2.45, 2.75) is 37.2 Å². The average molecular weight is 470 g/mol. The summed E-state index contributed by atoms with van der Waals surface area (Å²) in [4.78, 5) is 20.3. The number of hydrogen-bond donors (Lipinski definition) is 2. The number of aliphatic hydroxyl groups is 1. The van der Waals surface area contributed by atoms with Crippen molar-refractivity contribution >= 4 is 17.3 Å². The van der Waals surface area contributed by atoms with Gasteiger partial charge in [-0.1, -0.05) is 0 Å². The van der Waals surface area contributed by atoms with Crippen LogP contribution in [0.2, 0.25) is 0 Å². The van der Waals surface area contributed by atoms with E-state index in [4.69, 9.17) is 10.5 Å². The number of nitrogens with zero attached hydrogens (tertiary/aromatic N) is 5. The number of benzene rings is 1. The molecule has 2 N–H and O–H groups in total. The van der Waals surface area contributed by atoms with Gasteiger partial charge in [0.25, 0.3) is 5.91 Å². The van der Waals surface area contributed by atoms with Crippen molar-refractivity contribution < 1.29 is 23.1 Å². The Kier molecular flexibility index (Phi) is 5.94. The van der Waals surface area contributed by atoms with E-state index < -0.39 is 28.9 Å². The van der Waals surface area contributed by atoms with Crippen molar-refractivity contribution in [2.75, 3.05) is 29.9 Å². The van der Waals surface area contributed by atoms with Gasteiger partial charge in [0.2, 0.25) is 0 Å². The number of nitriles is 2. The number of alkyl halides is 3. The molecule has 4 heterocycles. The van der Waals surface area contributed by atoms with E-state index in [0.29, 0.717) is 24.7 Å². The highest BCUT2D eigenvalue weighted by Gasteiger charge is 2.46. The maximum absolute atomic E-state index is 13.2. The highest BCUT2D eigenvalue weighted by molar-refractivity contribution is 5.97. The third-order valence-corrected chi connectivity index (χ3v) is 6.14. The van der Waals surface area contributed by atoms with Crippen LogP contribution in [0.1, 0.15) is 30.2 Å². The van der Waals surface area contributed by atoms with Gasteiger partial charge in [0.05, 0.1) is 29.1 Å². The molecule has 34 heavy (non-hydrogen) atoms. The fourth-order valence-electron chi connectivity index (χ4n) is 4.57. The number of hydrogen-bond acceptors (Lipinski definition) is 7. The average Bonchev–Trinajstić information content (AvgIpc) is 2.78. The highest BCUT2D eigenvalue weighted by Crippen LogP contribution is 2.37. The highest BCUT2D eigenvalue weighted by atomic mass is 19.4. The fourth-order valence-corrected chi connectivity index (χ4v) is 4.57. The Morgan fingerprint density at radius 3 is 2.41 bits per heavy atom. The summed E-state index contributed by atoms with van der Waals surface area (Å²) in [6.07, 6.45) is -2.88. The zero-order chi connectivity index (χ0) is 24.7. The molecule has 0 radical (unpaired) electrons. The van der Waals surface area contributed by atoms with Crippen molar-refractivity contribution in [3.63, 3.8) is 0 Å². The molecule has 0 aliphatic carbocycles. The normalized spacial score (nSPS) is 21.6. The van der Waals surface area contributed by atoms with Gasteiger partial charge in [-0.15, -0.1) is 0 Å². The van der Waals surface area contributed by atoms with Crippen LogP contribution in [0.5, 0.6) is 0 Å². The van der Waals surface area contributed by atoms with Crippen molar-refractivity contribution in [2.24, 2.45) is 0 Å². The number of carbonyl (C=O) groups excluding carboxylic acids is 1. The van der Waals surface area contributed by atoms with E-state index in [1.165, 1.54) is 13.0 Å². The van der Waals surface area contributed by atoms with Crippen LogP contribution >= 0.6 is 0 Å². The Labute approximate surface area is 193 Å². The lowest BCUT2D eigenvalue weighted by Crippen LogP contribution is -2.70. The first-order valence-corrected chi connectivity index (χ1v) is 10.5. The molecule has 3 fully saturated rings. The number of piperazine rings is 1. The SMILES string of the molecule is CC(O)(CN1CC2CC(C1)N2c1ccc(C#N)cc1)C(=O)Nc1cnc(C#N)c(C(F)(F)F)c1. The molecule has 3 aliphatic heterocycles. The number of aromatic nitrogens is 1. The van der Waals surface area contributed by atoms with Gasteiger partial charge in [0, 0.05) is 37.4 Å². The summed E-state index contributed by atoms with van der Waals surface area (Å²) in [5.74, 6) is -0.865. The lowest BCUT2D eigenvalue weighted by Gasteiger charge is -2.58. The van der Waals surface area contributed by atoms with Gasteiger partial charge >= 0.3 is 6.18 Å². The predicted molar refractivity (Wildman–Crippen MR) is 115 cm³/mol. The molecule has 3 unspecified atom stereocenters. The van der Waals surface area contributed by atoms with Gasteiger partial charge in [0.15, 0.2) is 11.3 Å². The molecule has 0 spiro atoms. The zero-order valence-electron chi connectivity index (χ0n) is 18.2. The molecule has 3 aliphatic rings. The molecule has 1 amide bonds. The van der Waals surface area contributed by atoms with Crippen molar-refractivity contribution in [3.05, 3.63) is 53.3 Å². The standard InChI is InChI=1S/C23H21F3N6O2/c1-22(34,21(33)30-15-6-19(23(24,25)26)20(9-28)29-10-15)13-31-11-17-7-18(12-31)32(17)16-4-2-14(8-27)3-5-16/h2-6,10,17-18,34H,7,11-13H2,1H3,(H,30,33). The number of nitrogens with one attached hydrogen (secondary N) is 1. The number of amides is 1. The quantitative estimate of drug-likeness (QED) is 0.690. The maximum atomic E-state index is 13.2. The molecule has 3 atom stereocenters. The Morgan fingerprint density at radius 2 is 1.85 bits per heavy atom. The second-order valence-electron chi connectivity index (χ2n) is 8.76. The number of fused-ring (bicyclic) bond motifs is 2. The Balaban J connectivity index is 1.39. The second-order valence-corrected chi connectivity index (χ2v) is 8.76. The van der Waals surface area contributed by atoms with Crippen LogP contribution in [-0.2, 0) is 11.0 Å². The largest absolute Gasteiger partial charge is 0.419 e. The third kappa shape index (κ3) is 4.53. The summed E-state index contributed by atoms with van der Waals surface area (Å²) in [6.45, 7) is 2.53. The van der Waals surface area contributed by atoms with Crippen molar-refractivity contribution in [1.29, 1.82) is 10.5 Å². The predicted octanol–water partition coefficient (Wildman–Crippen LogP) is 2.50. The topological polar surface area (TPSA) is 116 Å². The van der Waals surface area contributed by atoms with Gasteiger partial charge in [-0.25, -0.2) is 4.98 Å². The first-order chi connectivity index (χ1) is 16.0. The monoisotopic (exact) mass is 470 g/mol. The van der Waals surface area contributed by atoms with Gasteiger partial charge in [0.1, 0.15) is 6.07 Å². The number of carbonyl (C=O) groups is 1. The summed E-state index contributed by atoms with van der Waals surface area (Å²) in [6, 6.07) is 11.8. The minimum Gasteiger partial charge on any atom is -0.379 e. The molecule has 2 aromatic rings. The molecule has 176 valence electrons. The molecular weight excluding hydrogens is 449 g/mol. The van der Waals surface area contributed by atoms with Crippen LogP contribution in [0, 0.1) is 22.7 Å². The minimum atomic E-state index is -4.81. The molecule has 11 heteroatoms. The molecule has 1 aromatic carbocycles. The molecular formula is C23H21F3N6O2. The summed E-state index contributed by atoms with van der Waals surface area (Å²) >= 11 is 0. The van der Waals surface area contributed by atoms with Crippen LogP contribution < -0.4 is 10.2 Å². The van der Waals surface area contributed by atoms with E-state index in [0.717, 1.165) is 18.3 Å². The van der Waals surface area contributed by atoms with Crippen molar-refractivity contribution in [3.8, 4) is 12.1 Å². The Bertz CT molecular complexity index is 1170. The minimum absolute atomic E-state index is 0.00286. The van der Waals surface area contributed by atoms with Gasteiger partial charge < -0.3 is 15.3 Å². The van der Waals surface area contributed by atoms with Crippen LogP contribution in [0.25, 0.3) is 0 Å². The van der Waals surface area contributed by atoms with E-state index in [1.54, 1.807) is 12.1 Å². The number of halogens is 3. The Hall–Kier alpha value is -3.67. The lowest BCUT2D eigenvalue weighted by molar-refractivity contribution is -0.138. The smallest absolute Gasteiger partial charge is 0.379 e. The molecule has 2 bridgehead atoms. The number of rotatable bonds is 5. The van der Waals surface area contributed by atoms with E-state index >= 15 is 0 Å². The maximum Gasteiger partial charge on any atom is 0.419 e. The van der Waals surface area contributed by atoms with Crippen LogP contribution in [0.15, 0.2) is 36.5 Å². The second kappa shape index (κ2) is 8.60. The fraction of sp³-hybridized carbons (Fsp3) is 0.391.